The minimum Gasteiger partial charge on any atom is -0.415 e. The molecule has 1 aromatic rings. The van der Waals surface area contributed by atoms with Gasteiger partial charge in [-0.25, -0.2) is 4.98 Å². The van der Waals surface area contributed by atoms with Crippen LogP contribution in [-0.4, -0.2) is 11.6 Å². The molecule has 0 saturated heterocycles. The maximum atomic E-state index is 11.8. The lowest BCUT2D eigenvalue weighted by atomic mass is 10.3. The van der Waals surface area contributed by atoms with E-state index >= 15 is 0 Å². The molecule has 0 amide bonds. The topological polar surface area (TPSA) is 45.9 Å². The third-order valence-electron chi connectivity index (χ3n) is 1.18. The molecule has 1 rings (SSSR count). The molecule has 0 aliphatic rings. The van der Waals surface area contributed by atoms with Crippen LogP contribution in [0.15, 0.2) is 16.7 Å². The standard InChI is InChI=1S/C7H3BrF2N2O/c8-5-1-2-12-6(4(5)3-11)13-7(9)10/h1-2,7H. The molecule has 0 N–H and O–H groups in total. The molecule has 0 bridgehead atoms. The molecule has 0 fully saturated rings. The fourth-order valence-corrected chi connectivity index (χ4v) is 1.07. The van der Waals surface area contributed by atoms with E-state index in [4.69, 9.17) is 5.26 Å². The Balaban J connectivity index is 3.07. The molecular weight excluding hydrogens is 246 g/mol. The van der Waals surface area contributed by atoms with Gasteiger partial charge in [-0.05, 0) is 22.0 Å². The number of ether oxygens (including phenoxy) is 1. The molecule has 6 heteroatoms. The lowest BCUT2D eigenvalue weighted by Gasteiger charge is -2.04. The smallest absolute Gasteiger partial charge is 0.388 e. The predicted octanol–water partition coefficient (Wildman–Crippen LogP) is 2.32. The van der Waals surface area contributed by atoms with Crippen LogP contribution in [0.2, 0.25) is 0 Å². The number of aromatic nitrogens is 1. The van der Waals surface area contributed by atoms with Crippen molar-refractivity contribution in [1.29, 1.82) is 5.26 Å². The lowest BCUT2D eigenvalue weighted by molar-refractivity contribution is -0.0530. The summed E-state index contributed by atoms with van der Waals surface area (Å²) in [7, 11) is 0. The lowest BCUT2D eigenvalue weighted by Crippen LogP contribution is -2.05. The maximum absolute atomic E-state index is 11.8. The van der Waals surface area contributed by atoms with Crippen LogP contribution in [0, 0.1) is 11.3 Å². The molecule has 0 radical (unpaired) electrons. The zero-order valence-corrected chi connectivity index (χ0v) is 7.75. The fourth-order valence-electron chi connectivity index (χ4n) is 0.695. The SMILES string of the molecule is N#Cc1c(Br)ccnc1OC(F)F. The molecule has 0 aliphatic carbocycles. The highest BCUT2D eigenvalue weighted by atomic mass is 79.9. The van der Waals surface area contributed by atoms with Crippen molar-refractivity contribution in [1.82, 2.24) is 4.98 Å². The van der Waals surface area contributed by atoms with Crippen molar-refractivity contribution in [3.05, 3.63) is 22.3 Å². The van der Waals surface area contributed by atoms with Gasteiger partial charge >= 0.3 is 6.61 Å². The van der Waals surface area contributed by atoms with E-state index in [1.54, 1.807) is 6.07 Å². The van der Waals surface area contributed by atoms with Crippen molar-refractivity contribution in [2.24, 2.45) is 0 Å². The molecule has 0 unspecified atom stereocenters. The zero-order valence-electron chi connectivity index (χ0n) is 6.17. The molecule has 0 spiro atoms. The van der Waals surface area contributed by atoms with Crippen LogP contribution < -0.4 is 4.74 Å². The summed E-state index contributed by atoms with van der Waals surface area (Å²) in [5.74, 6) is -0.369. The molecule has 0 aliphatic heterocycles. The number of hydrogen-bond acceptors (Lipinski definition) is 3. The second kappa shape index (κ2) is 4.14. The third-order valence-corrected chi connectivity index (χ3v) is 1.84. The van der Waals surface area contributed by atoms with E-state index in [-0.39, 0.29) is 11.4 Å². The van der Waals surface area contributed by atoms with Crippen LogP contribution >= 0.6 is 15.9 Å². The summed E-state index contributed by atoms with van der Waals surface area (Å²) >= 11 is 3.01. The first-order chi connectivity index (χ1) is 6.15. The van der Waals surface area contributed by atoms with Crippen molar-refractivity contribution >= 4 is 15.9 Å². The van der Waals surface area contributed by atoms with Crippen LogP contribution in [0.25, 0.3) is 0 Å². The van der Waals surface area contributed by atoms with E-state index in [1.165, 1.54) is 12.3 Å². The van der Waals surface area contributed by atoms with Gasteiger partial charge in [0.2, 0.25) is 5.88 Å². The summed E-state index contributed by atoms with van der Waals surface area (Å²) in [6.45, 7) is -2.98. The average molecular weight is 249 g/mol. The fraction of sp³-hybridized carbons (Fsp3) is 0.143. The molecule has 3 nitrogen and oxygen atoms in total. The minimum absolute atomic E-state index is 0.0391. The monoisotopic (exact) mass is 248 g/mol. The molecule has 0 atom stereocenters. The number of halogens is 3. The number of pyridine rings is 1. The van der Waals surface area contributed by atoms with E-state index in [0.717, 1.165) is 0 Å². The highest BCUT2D eigenvalue weighted by Gasteiger charge is 2.12. The molecule has 68 valence electrons. The van der Waals surface area contributed by atoms with Gasteiger partial charge in [0, 0.05) is 10.7 Å². The maximum Gasteiger partial charge on any atom is 0.388 e. The number of nitrogens with zero attached hydrogens (tertiary/aromatic N) is 2. The highest BCUT2D eigenvalue weighted by molar-refractivity contribution is 9.10. The first-order valence-electron chi connectivity index (χ1n) is 3.14. The van der Waals surface area contributed by atoms with Crippen molar-refractivity contribution in [2.45, 2.75) is 6.61 Å². The van der Waals surface area contributed by atoms with E-state index in [2.05, 4.69) is 25.7 Å². The molecule has 0 aromatic carbocycles. The average Bonchev–Trinajstić information content (AvgIpc) is 2.03. The van der Waals surface area contributed by atoms with Gasteiger partial charge in [0.05, 0.1) is 0 Å². The van der Waals surface area contributed by atoms with E-state index < -0.39 is 6.61 Å². The Morgan fingerprint density at radius 3 is 2.85 bits per heavy atom. The van der Waals surface area contributed by atoms with Crippen molar-refractivity contribution in [2.75, 3.05) is 0 Å². The summed E-state index contributed by atoms with van der Waals surface area (Å²) < 4.78 is 28.0. The second-order valence-corrected chi connectivity index (χ2v) is 2.82. The quantitative estimate of drug-likeness (QED) is 0.807. The summed E-state index contributed by atoms with van der Waals surface area (Å²) in [5, 5.41) is 8.57. The van der Waals surface area contributed by atoms with Gasteiger partial charge in [0.25, 0.3) is 0 Å². The number of nitriles is 1. The van der Waals surface area contributed by atoms with Crippen LogP contribution in [0.1, 0.15) is 5.56 Å². The molecule has 1 aromatic heterocycles. The molecule has 0 saturated carbocycles. The second-order valence-electron chi connectivity index (χ2n) is 1.96. The molecular formula is C7H3BrF2N2O. The minimum atomic E-state index is -2.98. The Hall–Kier alpha value is -1.22. The highest BCUT2D eigenvalue weighted by Crippen LogP contribution is 2.24. The summed E-state index contributed by atoms with van der Waals surface area (Å²) in [4.78, 5) is 3.50. The molecule has 13 heavy (non-hydrogen) atoms. The summed E-state index contributed by atoms with van der Waals surface area (Å²) in [6, 6.07) is 3.17. The molecule has 1 heterocycles. The summed E-state index contributed by atoms with van der Waals surface area (Å²) in [5.41, 5.74) is -0.0391. The first-order valence-corrected chi connectivity index (χ1v) is 3.94. The van der Waals surface area contributed by atoms with Gasteiger partial charge < -0.3 is 4.74 Å². The van der Waals surface area contributed by atoms with Gasteiger partial charge in [-0.2, -0.15) is 14.0 Å². The van der Waals surface area contributed by atoms with Gasteiger partial charge in [-0.3, -0.25) is 0 Å². The van der Waals surface area contributed by atoms with Crippen LogP contribution in [-0.2, 0) is 0 Å². The number of alkyl halides is 2. The zero-order chi connectivity index (χ0) is 9.84. The Morgan fingerprint density at radius 1 is 1.62 bits per heavy atom. The van der Waals surface area contributed by atoms with Crippen LogP contribution in [0.5, 0.6) is 5.88 Å². The Morgan fingerprint density at radius 2 is 2.31 bits per heavy atom. The van der Waals surface area contributed by atoms with Crippen LogP contribution in [0.3, 0.4) is 0 Å². The van der Waals surface area contributed by atoms with Crippen molar-refractivity contribution < 1.29 is 13.5 Å². The van der Waals surface area contributed by atoms with Gasteiger partial charge in [0.15, 0.2) is 0 Å². The van der Waals surface area contributed by atoms with Gasteiger partial charge in [0.1, 0.15) is 11.6 Å². The largest absolute Gasteiger partial charge is 0.415 e. The Kier molecular flexibility index (Phi) is 3.14. The third kappa shape index (κ3) is 2.36. The normalized spacial score (nSPS) is 9.77. The van der Waals surface area contributed by atoms with Crippen molar-refractivity contribution in [3.63, 3.8) is 0 Å². The van der Waals surface area contributed by atoms with Gasteiger partial charge in [-0.1, -0.05) is 0 Å². The summed E-state index contributed by atoms with van der Waals surface area (Å²) in [6.07, 6.45) is 1.27. The van der Waals surface area contributed by atoms with E-state index in [0.29, 0.717) is 4.47 Å². The number of hydrogen-bond donors (Lipinski definition) is 0. The van der Waals surface area contributed by atoms with Crippen molar-refractivity contribution in [3.8, 4) is 11.9 Å². The van der Waals surface area contributed by atoms with E-state index in [1.807, 2.05) is 0 Å². The number of rotatable bonds is 2. The first kappa shape index (κ1) is 9.86. The van der Waals surface area contributed by atoms with Gasteiger partial charge in [-0.15, -0.1) is 0 Å². The predicted molar refractivity (Wildman–Crippen MR) is 43.3 cm³/mol. The Bertz CT molecular complexity index is 351. The Labute approximate surface area is 81.1 Å². The van der Waals surface area contributed by atoms with Crippen LogP contribution in [0.4, 0.5) is 8.78 Å². The van der Waals surface area contributed by atoms with E-state index in [9.17, 15) is 8.78 Å².